The molecule has 1 N–H and O–H groups in total. The van der Waals surface area contributed by atoms with E-state index in [2.05, 4.69) is 15.4 Å². The van der Waals surface area contributed by atoms with E-state index in [1.807, 2.05) is 79.0 Å². The Kier molecular flexibility index (Phi) is 4.74. The normalized spacial score (nSPS) is 10.5. The largest absolute Gasteiger partial charge is 0.305 e. The van der Waals surface area contributed by atoms with E-state index in [1.54, 1.807) is 16.9 Å². The average molecular weight is 354 g/mol. The maximum atomic E-state index is 12.8. The van der Waals surface area contributed by atoms with Crippen molar-refractivity contribution in [3.05, 3.63) is 103 Å². The number of pyridine rings is 1. The number of aromatic nitrogens is 3. The fourth-order valence-corrected chi connectivity index (χ4v) is 2.91. The van der Waals surface area contributed by atoms with Gasteiger partial charge in [0.25, 0.3) is 5.91 Å². The van der Waals surface area contributed by atoms with E-state index < -0.39 is 0 Å². The molecule has 5 nitrogen and oxygen atoms in total. The fourth-order valence-electron chi connectivity index (χ4n) is 2.91. The number of hydrogen-bond acceptors (Lipinski definition) is 3. The lowest BCUT2D eigenvalue weighted by Gasteiger charge is -2.09. The van der Waals surface area contributed by atoms with E-state index in [1.165, 1.54) is 0 Å². The van der Waals surface area contributed by atoms with Crippen LogP contribution < -0.4 is 5.32 Å². The molecule has 2 aromatic carbocycles. The van der Waals surface area contributed by atoms with E-state index in [0.717, 1.165) is 16.8 Å². The number of anilines is 1. The molecular weight excluding hydrogens is 336 g/mol. The molecule has 4 rings (SSSR count). The van der Waals surface area contributed by atoms with E-state index >= 15 is 0 Å². The number of nitrogens with zero attached hydrogens (tertiary/aromatic N) is 3. The molecule has 0 spiro atoms. The Balaban J connectivity index is 1.52. The highest BCUT2D eigenvalue weighted by atomic mass is 16.1. The second-order valence-electron chi connectivity index (χ2n) is 6.09. The van der Waals surface area contributed by atoms with Crippen molar-refractivity contribution >= 4 is 11.7 Å². The average Bonchev–Trinajstić information content (AvgIpc) is 3.16. The SMILES string of the molecule is O=C(Nc1ccn(Cc2ccccn2)n1)c1ccccc1-c1ccccc1. The van der Waals surface area contributed by atoms with Crippen LogP contribution in [-0.4, -0.2) is 20.7 Å². The first kappa shape index (κ1) is 16.7. The number of hydrogen-bond donors (Lipinski definition) is 1. The zero-order valence-electron chi connectivity index (χ0n) is 14.6. The maximum absolute atomic E-state index is 12.8. The third-order valence-electron chi connectivity index (χ3n) is 4.19. The minimum atomic E-state index is -0.183. The van der Waals surface area contributed by atoms with Gasteiger partial charge in [-0.15, -0.1) is 0 Å². The maximum Gasteiger partial charge on any atom is 0.257 e. The second-order valence-corrected chi connectivity index (χ2v) is 6.09. The van der Waals surface area contributed by atoms with Crippen molar-refractivity contribution < 1.29 is 4.79 Å². The van der Waals surface area contributed by atoms with Gasteiger partial charge < -0.3 is 5.32 Å². The summed E-state index contributed by atoms with van der Waals surface area (Å²) in [6.45, 7) is 0.553. The Morgan fingerprint density at radius 1 is 0.889 bits per heavy atom. The van der Waals surface area contributed by atoms with Gasteiger partial charge in [0.2, 0.25) is 0 Å². The summed E-state index contributed by atoms with van der Waals surface area (Å²) in [6, 6.07) is 25.0. The number of benzene rings is 2. The van der Waals surface area contributed by atoms with Crippen molar-refractivity contribution in [1.82, 2.24) is 14.8 Å². The van der Waals surface area contributed by atoms with Crippen LogP contribution in [0.15, 0.2) is 91.3 Å². The van der Waals surface area contributed by atoms with Crippen molar-refractivity contribution in [3.8, 4) is 11.1 Å². The van der Waals surface area contributed by atoms with Crippen LogP contribution >= 0.6 is 0 Å². The van der Waals surface area contributed by atoms with Crippen molar-refractivity contribution in [3.63, 3.8) is 0 Å². The zero-order valence-corrected chi connectivity index (χ0v) is 14.6. The third-order valence-corrected chi connectivity index (χ3v) is 4.19. The molecule has 0 aliphatic rings. The van der Waals surface area contributed by atoms with Crippen LogP contribution in [-0.2, 0) is 6.54 Å². The number of carbonyl (C=O) groups excluding carboxylic acids is 1. The Morgan fingerprint density at radius 3 is 2.48 bits per heavy atom. The van der Waals surface area contributed by atoms with Gasteiger partial charge in [-0.3, -0.25) is 14.5 Å². The number of amides is 1. The predicted molar refractivity (Wildman–Crippen MR) is 105 cm³/mol. The molecule has 0 atom stereocenters. The molecule has 27 heavy (non-hydrogen) atoms. The van der Waals surface area contributed by atoms with Crippen LogP contribution in [0.3, 0.4) is 0 Å². The van der Waals surface area contributed by atoms with E-state index in [4.69, 9.17) is 0 Å². The molecule has 5 heteroatoms. The summed E-state index contributed by atoms with van der Waals surface area (Å²) in [4.78, 5) is 17.1. The molecule has 0 fully saturated rings. The Bertz CT molecular complexity index is 1040. The van der Waals surface area contributed by atoms with Gasteiger partial charge in [0.05, 0.1) is 12.2 Å². The van der Waals surface area contributed by atoms with Gasteiger partial charge in [0.1, 0.15) is 0 Å². The Labute approximate surface area is 157 Å². The molecule has 0 saturated heterocycles. The molecule has 0 aliphatic carbocycles. The summed E-state index contributed by atoms with van der Waals surface area (Å²) in [5.41, 5.74) is 3.42. The summed E-state index contributed by atoms with van der Waals surface area (Å²) >= 11 is 0. The first-order chi connectivity index (χ1) is 13.3. The van der Waals surface area contributed by atoms with Gasteiger partial charge in [0.15, 0.2) is 5.82 Å². The monoisotopic (exact) mass is 354 g/mol. The van der Waals surface area contributed by atoms with E-state index in [9.17, 15) is 4.79 Å². The predicted octanol–water partition coefficient (Wildman–Crippen LogP) is 4.25. The molecular formula is C22H18N4O. The molecule has 4 aromatic rings. The topological polar surface area (TPSA) is 59.8 Å². The first-order valence-electron chi connectivity index (χ1n) is 8.69. The quantitative estimate of drug-likeness (QED) is 0.583. The molecule has 2 heterocycles. The molecule has 132 valence electrons. The van der Waals surface area contributed by atoms with Crippen LogP contribution in [0, 0.1) is 0 Å². The van der Waals surface area contributed by atoms with E-state index in [-0.39, 0.29) is 5.91 Å². The molecule has 0 radical (unpaired) electrons. The molecule has 0 bridgehead atoms. The minimum Gasteiger partial charge on any atom is -0.305 e. The van der Waals surface area contributed by atoms with Crippen LogP contribution in [0.5, 0.6) is 0 Å². The standard InChI is InChI=1S/C22H18N4O/c27-22(20-12-5-4-11-19(20)17-8-2-1-3-9-17)24-21-13-15-26(25-21)16-18-10-6-7-14-23-18/h1-15H,16H2,(H,24,25,27). The zero-order chi connectivity index (χ0) is 18.5. The summed E-state index contributed by atoms with van der Waals surface area (Å²) in [7, 11) is 0. The van der Waals surface area contributed by atoms with Crippen molar-refractivity contribution in [2.75, 3.05) is 5.32 Å². The van der Waals surface area contributed by atoms with Gasteiger partial charge in [-0.2, -0.15) is 5.10 Å². The Morgan fingerprint density at radius 2 is 1.67 bits per heavy atom. The highest BCUT2D eigenvalue weighted by molar-refractivity contribution is 6.08. The lowest BCUT2D eigenvalue weighted by atomic mass is 9.99. The fraction of sp³-hybridized carbons (Fsp3) is 0.0455. The number of rotatable bonds is 5. The highest BCUT2D eigenvalue weighted by Crippen LogP contribution is 2.24. The van der Waals surface area contributed by atoms with Crippen LogP contribution in [0.4, 0.5) is 5.82 Å². The molecule has 0 saturated carbocycles. The minimum absolute atomic E-state index is 0.183. The van der Waals surface area contributed by atoms with Crippen LogP contribution in [0.2, 0.25) is 0 Å². The van der Waals surface area contributed by atoms with Gasteiger partial charge in [0, 0.05) is 24.0 Å². The second kappa shape index (κ2) is 7.66. The van der Waals surface area contributed by atoms with Crippen molar-refractivity contribution in [2.24, 2.45) is 0 Å². The van der Waals surface area contributed by atoms with Crippen molar-refractivity contribution in [1.29, 1.82) is 0 Å². The first-order valence-corrected chi connectivity index (χ1v) is 8.69. The third kappa shape index (κ3) is 3.93. The van der Waals surface area contributed by atoms with Gasteiger partial charge >= 0.3 is 0 Å². The summed E-state index contributed by atoms with van der Waals surface area (Å²) in [5.74, 6) is 0.330. The highest BCUT2D eigenvalue weighted by Gasteiger charge is 2.13. The summed E-state index contributed by atoms with van der Waals surface area (Å²) in [5, 5.41) is 7.30. The summed E-state index contributed by atoms with van der Waals surface area (Å²) in [6.07, 6.45) is 3.58. The van der Waals surface area contributed by atoms with E-state index in [0.29, 0.717) is 17.9 Å². The van der Waals surface area contributed by atoms with Gasteiger partial charge in [-0.05, 0) is 29.3 Å². The van der Waals surface area contributed by atoms with Crippen LogP contribution in [0.25, 0.3) is 11.1 Å². The van der Waals surface area contributed by atoms with Crippen LogP contribution in [0.1, 0.15) is 16.1 Å². The van der Waals surface area contributed by atoms with Crippen molar-refractivity contribution in [2.45, 2.75) is 6.54 Å². The van der Waals surface area contributed by atoms with Gasteiger partial charge in [-0.1, -0.05) is 54.6 Å². The lowest BCUT2D eigenvalue weighted by molar-refractivity contribution is 0.102. The van der Waals surface area contributed by atoms with Gasteiger partial charge in [-0.25, -0.2) is 0 Å². The molecule has 0 unspecified atom stereocenters. The lowest BCUT2D eigenvalue weighted by Crippen LogP contribution is -2.14. The molecule has 1 amide bonds. The Hall–Kier alpha value is -3.73. The molecule has 0 aliphatic heterocycles. The number of carbonyl (C=O) groups is 1. The summed E-state index contributed by atoms with van der Waals surface area (Å²) < 4.78 is 1.75. The number of nitrogens with one attached hydrogen (secondary N) is 1. The smallest absolute Gasteiger partial charge is 0.257 e. The molecule has 2 aromatic heterocycles.